The molecule has 7 rings (SSSR count). The van der Waals surface area contributed by atoms with E-state index < -0.39 is 0 Å². The molecule has 0 saturated carbocycles. The fraction of sp³-hybridized carbons (Fsp3) is 0.135. The monoisotopic (exact) mass is 805 g/mol. The summed E-state index contributed by atoms with van der Waals surface area (Å²) in [5, 5.41) is 6.98. The van der Waals surface area contributed by atoms with Crippen LogP contribution in [0.1, 0.15) is 16.7 Å². The van der Waals surface area contributed by atoms with Crippen LogP contribution in [0.15, 0.2) is 101 Å². The molecule has 45 heavy (non-hydrogen) atoms. The summed E-state index contributed by atoms with van der Waals surface area (Å²) in [5.41, 5.74) is 8.82. The predicted octanol–water partition coefficient (Wildman–Crippen LogP) is 9.79. The van der Waals surface area contributed by atoms with Crippen LogP contribution >= 0.6 is 23.5 Å². The Hall–Kier alpha value is -3.77. The van der Waals surface area contributed by atoms with E-state index in [0.717, 1.165) is 44.4 Å². The van der Waals surface area contributed by atoms with Crippen molar-refractivity contribution >= 4 is 45.3 Å². The molecule has 3 aromatic heterocycles. The molecule has 0 bridgehead atoms. The summed E-state index contributed by atoms with van der Waals surface area (Å²) in [7, 11) is 0. The van der Waals surface area contributed by atoms with Gasteiger partial charge in [-0.3, -0.25) is 4.68 Å². The second-order valence-electron chi connectivity index (χ2n) is 10.8. The van der Waals surface area contributed by atoms with Crippen molar-refractivity contribution in [3.63, 3.8) is 0 Å². The Kier molecular flexibility index (Phi) is 8.96. The Morgan fingerprint density at radius 1 is 0.778 bits per heavy atom. The molecule has 0 N–H and O–H groups in total. The number of para-hydroxylation sites is 1. The average molecular weight is 806 g/mol. The van der Waals surface area contributed by atoms with Gasteiger partial charge in [-0.25, -0.2) is 4.98 Å². The van der Waals surface area contributed by atoms with Crippen LogP contribution < -0.4 is 4.74 Å². The zero-order valence-electron chi connectivity index (χ0n) is 25.5. The van der Waals surface area contributed by atoms with Gasteiger partial charge in [0.25, 0.3) is 0 Å². The summed E-state index contributed by atoms with van der Waals surface area (Å²) >= 11 is 3.56. The first-order valence-corrected chi connectivity index (χ1v) is 16.8. The molecule has 0 fully saturated rings. The number of aromatic nitrogens is 4. The number of aryl methyl sites for hydroxylation is 3. The van der Waals surface area contributed by atoms with Crippen LogP contribution in [0, 0.1) is 32.9 Å². The van der Waals surface area contributed by atoms with Crippen molar-refractivity contribution in [3.05, 3.63) is 120 Å². The summed E-state index contributed by atoms with van der Waals surface area (Å²) in [6, 6.07) is 31.6. The second kappa shape index (κ2) is 12.9. The van der Waals surface area contributed by atoms with Crippen molar-refractivity contribution in [1.82, 2.24) is 19.3 Å². The van der Waals surface area contributed by atoms with Gasteiger partial charge in [-0.15, -0.1) is 59.2 Å². The number of ether oxygens (including phenoxy) is 1. The van der Waals surface area contributed by atoms with E-state index in [0.29, 0.717) is 11.5 Å². The summed E-state index contributed by atoms with van der Waals surface area (Å²) in [6.07, 6.45) is 10.1. The van der Waals surface area contributed by atoms with Gasteiger partial charge in [-0.1, -0.05) is 29.8 Å². The molecule has 0 saturated heterocycles. The molecule has 4 aromatic carbocycles. The predicted molar refractivity (Wildman–Crippen MR) is 183 cm³/mol. The molecule has 0 aliphatic rings. The van der Waals surface area contributed by atoms with Crippen LogP contribution in [-0.4, -0.2) is 31.8 Å². The van der Waals surface area contributed by atoms with Gasteiger partial charge in [0.2, 0.25) is 0 Å². The molecule has 3 heterocycles. The number of thioether (sulfide) groups is 2. The molecular weight excluding hydrogens is 776 g/mol. The number of hydrogen-bond donors (Lipinski definition) is 0. The molecule has 5 nitrogen and oxygen atoms in total. The largest absolute Gasteiger partial charge is 2.00 e. The maximum absolute atomic E-state index is 6.36. The van der Waals surface area contributed by atoms with Crippen LogP contribution in [0.4, 0.5) is 0 Å². The van der Waals surface area contributed by atoms with Crippen molar-refractivity contribution < 1.29 is 25.8 Å². The van der Waals surface area contributed by atoms with E-state index in [9.17, 15) is 0 Å². The SMILES string of the molecule is CSc1c(C)cc(C)c(SC)c1-c1cnn(-c2[c-]c(Oc3[c-]c4c(cc3)c3ccccc3n4-c3cc(C)ccn3)ccc2)c1.[Pt+2]. The van der Waals surface area contributed by atoms with Gasteiger partial charge in [-0.2, -0.15) is 17.2 Å². The second-order valence-corrected chi connectivity index (χ2v) is 12.4. The Labute approximate surface area is 286 Å². The fourth-order valence-electron chi connectivity index (χ4n) is 5.89. The Bertz CT molecular complexity index is 2160. The van der Waals surface area contributed by atoms with Gasteiger partial charge in [-0.05, 0) is 79.2 Å². The smallest absolute Gasteiger partial charge is 0.509 e. The Morgan fingerprint density at radius 2 is 1.53 bits per heavy atom. The maximum Gasteiger partial charge on any atom is 2.00 e. The van der Waals surface area contributed by atoms with Gasteiger partial charge in [0.1, 0.15) is 5.82 Å². The van der Waals surface area contributed by atoms with Crippen LogP contribution in [0.5, 0.6) is 11.5 Å². The van der Waals surface area contributed by atoms with Gasteiger partial charge in [0.15, 0.2) is 0 Å². The zero-order chi connectivity index (χ0) is 30.4. The van der Waals surface area contributed by atoms with E-state index in [2.05, 4.69) is 104 Å². The van der Waals surface area contributed by atoms with E-state index in [1.54, 1.807) is 23.5 Å². The van der Waals surface area contributed by atoms with Crippen LogP contribution in [-0.2, 0) is 21.1 Å². The number of hydrogen-bond acceptors (Lipinski definition) is 5. The minimum absolute atomic E-state index is 0. The van der Waals surface area contributed by atoms with E-state index in [1.165, 1.54) is 26.5 Å². The molecule has 0 amide bonds. The van der Waals surface area contributed by atoms with Crippen molar-refractivity contribution in [1.29, 1.82) is 0 Å². The van der Waals surface area contributed by atoms with Gasteiger partial charge >= 0.3 is 21.1 Å². The van der Waals surface area contributed by atoms with E-state index >= 15 is 0 Å². The first kappa shape index (κ1) is 31.2. The van der Waals surface area contributed by atoms with Crippen molar-refractivity contribution in [2.24, 2.45) is 0 Å². The molecule has 0 spiro atoms. The first-order valence-electron chi connectivity index (χ1n) is 14.3. The summed E-state index contributed by atoms with van der Waals surface area (Å²) in [5.74, 6) is 2.05. The average Bonchev–Trinajstić information content (AvgIpc) is 3.64. The third-order valence-corrected chi connectivity index (χ3v) is 9.66. The third-order valence-electron chi connectivity index (χ3n) is 7.79. The van der Waals surface area contributed by atoms with Crippen LogP contribution in [0.3, 0.4) is 0 Å². The molecule has 0 aliphatic carbocycles. The van der Waals surface area contributed by atoms with Crippen molar-refractivity contribution in [2.45, 2.75) is 30.6 Å². The molecule has 226 valence electrons. The molecule has 7 aromatic rings. The number of pyridine rings is 1. The quantitative estimate of drug-likeness (QED) is 0.119. The topological polar surface area (TPSA) is 44.9 Å². The van der Waals surface area contributed by atoms with E-state index in [4.69, 9.17) is 9.84 Å². The molecule has 0 aliphatic heterocycles. The Morgan fingerprint density at radius 3 is 2.29 bits per heavy atom. The molecule has 0 radical (unpaired) electrons. The number of rotatable bonds is 7. The Balaban J connectivity index is 0.00000357. The summed E-state index contributed by atoms with van der Waals surface area (Å²) in [6.45, 7) is 6.43. The zero-order valence-corrected chi connectivity index (χ0v) is 29.4. The van der Waals surface area contributed by atoms with E-state index in [-0.39, 0.29) is 21.1 Å². The van der Waals surface area contributed by atoms with Crippen LogP contribution in [0.2, 0.25) is 0 Å². The van der Waals surface area contributed by atoms with Gasteiger partial charge in [0, 0.05) is 50.3 Å². The maximum atomic E-state index is 6.36. The summed E-state index contributed by atoms with van der Waals surface area (Å²) < 4.78 is 10.4. The third kappa shape index (κ3) is 5.74. The molecule has 0 unspecified atom stereocenters. The summed E-state index contributed by atoms with van der Waals surface area (Å²) in [4.78, 5) is 7.24. The van der Waals surface area contributed by atoms with Crippen molar-refractivity contribution in [2.75, 3.05) is 12.5 Å². The number of benzene rings is 4. The van der Waals surface area contributed by atoms with Crippen molar-refractivity contribution in [3.8, 4) is 34.1 Å². The molecular formula is C37H30N4OPtS2. The normalized spacial score (nSPS) is 11.2. The fourth-order valence-corrected chi connectivity index (χ4v) is 7.56. The minimum Gasteiger partial charge on any atom is -0.509 e. The van der Waals surface area contributed by atoms with E-state index in [1.807, 2.05) is 47.4 Å². The minimum atomic E-state index is 0. The van der Waals surface area contributed by atoms with Gasteiger partial charge < -0.3 is 9.30 Å². The van der Waals surface area contributed by atoms with Gasteiger partial charge in [0.05, 0.1) is 6.20 Å². The number of nitrogens with zero attached hydrogens (tertiary/aromatic N) is 4. The molecule has 8 heteroatoms. The number of fused-ring (bicyclic) bond motifs is 3. The standard InChI is InChI=1S/C37H30N4OS2.Pt/c1-23-15-16-38-34(17-23)41-32-12-7-6-11-30(32)31-14-13-29(20-33(31)41)42-28-10-8-9-27(19-28)40-22-26(21-39-40)35-36(43-4)24(2)18-25(3)37(35)44-5;/h6-18,21-22H,1-5H3;/q-2;+2. The van der Waals surface area contributed by atoms with Crippen LogP contribution in [0.25, 0.3) is 44.4 Å². The molecule has 0 atom stereocenters. The first-order chi connectivity index (χ1) is 21.4.